The van der Waals surface area contributed by atoms with Crippen LogP contribution < -0.4 is 9.64 Å². The maximum Gasteiger partial charge on any atom is 0.343 e. The SMILES string of the molecule is COc1cc(-c2onc(N3[C@@H]4CC[C@H]3CN(C)CC4)c2C(=O)O)ccc1F. The molecule has 1 N–H and O–H groups in total. The summed E-state index contributed by atoms with van der Waals surface area (Å²) in [6.45, 7) is 1.84. The number of hydrogen-bond donors (Lipinski definition) is 1. The highest BCUT2D eigenvalue weighted by molar-refractivity contribution is 5.99. The minimum absolute atomic E-state index is 0.0186. The summed E-state index contributed by atoms with van der Waals surface area (Å²) < 4.78 is 24.2. The summed E-state index contributed by atoms with van der Waals surface area (Å²) in [7, 11) is 3.44. The number of likely N-dealkylation sites (N-methyl/N-ethyl adjacent to an activating group) is 1. The average molecular weight is 375 g/mol. The third-order valence-electron chi connectivity index (χ3n) is 5.53. The molecule has 2 fully saturated rings. The number of carboxylic acid groups (broad SMARTS) is 1. The van der Waals surface area contributed by atoms with Gasteiger partial charge in [-0.1, -0.05) is 5.16 Å². The molecule has 2 atom stereocenters. The normalized spacial score (nSPS) is 22.7. The minimum Gasteiger partial charge on any atom is -0.494 e. The fourth-order valence-corrected chi connectivity index (χ4v) is 4.24. The molecular weight excluding hydrogens is 353 g/mol. The number of aromatic carboxylic acids is 1. The van der Waals surface area contributed by atoms with Gasteiger partial charge in [0.05, 0.1) is 7.11 Å². The number of halogens is 1. The summed E-state index contributed by atoms with van der Waals surface area (Å²) in [6.07, 6.45) is 2.98. The fourth-order valence-electron chi connectivity index (χ4n) is 4.24. The topological polar surface area (TPSA) is 79.0 Å². The van der Waals surface area contributed by atoms with Crippen molar-refractivity contribution in [3.05, 3.63) is 29.6 Å². The molecule has 0 radical (unpaired) electrons. The second kappa shape index (κ2) is 6.84. The van der Waals surface area contributed by atoms with Crippen molar-refractivity contribution in [2.24, 2.45) is 0 Å². The van der Waals surface area contributed by atoms with Gasteiger partial charge in [0.15, 0.2) is 28.7 Å². The maximum absolute atomic E-state index is 13.7. The number of fused-ring (bicyclic) bond motifs is 2. The number of rotatable bonds is 4. The predicted molar refractivity (Wildman–Crippen MR) is 96.8 cm³/mol. The van der Waals surface area contributed by atoms with Gasteiger partial charge in [0, 0.05) is 24.2 Å². The molecule has 2 saturated heterocycles. The summed E-state index contributed by atoms with van der Waals surface area (Å²) in [4.78, 5) is 16.5. The van der Waals surface area contributed by atoms with Crippen molar-refractivity contribution in [1.82, 2.24) is 10.1 Å². The number of benzene rings is 1. The Morgan fingerprint density at radius 2 is 2.11 bits per heavy atom. The highest BCUT2D eigenvalue weighted by Crippen LogP contribution is 2.40. The first-order valence-electron chi connectivity index (χ1n) is 9.03. The Morgan fingerprint density at radius 3 is 2.85 bits per heavy atom. The fraction of sp³-hybridized carbons (Fsp3) is 0.474. The zero-order valence-electron chi connectivity index (χ0n) is 15.3. The Bertz CT molecular complexity index is 869. The van der Waals surface area contributed by atoms with E-state index in [2.05, 4.69) is 22.0 Å². The first-order valence-corrected chi connectivity index (χ1v) is 9.03. The van der Waals surface area contributed by atoms with Crippen molar-refractivity contribution in [2.45, 2.75) is 31.3 Å². The molecule has 7 nitrogen and oxygen atoms in total. The lowest BCUT2D eigenvalue weighted by molar-refractivity contribution is 0.0697. The predicted octanol–water partition coefficient (Wildman–Crippen LogP) is 2.86. The van der Waals surface area contributed by atoms with Gasteiger partial charge in [0.1, 0.15) is 0 Å². The molecule has 144 valence electrons. The van der Waals surface area contributed by atoms with Crippen LogP contribution in [0.3, 0.4) is 0 Å². The molecular formula is C19H22FN3O4. The van der Waals surface area contributed by atoms with Gasteiger partial charge in [-0.25, -0.2) is 9.18 Å². The van der Waals surface area contributed by atoms with Crippen molar-refractivity contribution in [1.29, 1.82) is 0 Å². The van der Waals surface area contributed by atoms with Crippen molar-refractivity contribution in [2.75, 3.05) is 32.1 Å². The lowest BCUT2D eigenvalue weighted by Crippen LogP contribution is -2.39. The summed E-state index contributed by atoms with van der Waals surface area (Å²) in [6, 6.07) is 4.59. The van der Waals surface area contributed by atoms with Gasteiger partial charge >= 0.3 is 5.97 Å². The van der Waals surface area contributed by atoms with Crippen LogP contribution in [0.2, 0.25) is 0 Å². The molecule has 1 aromatic heterocycles. The van der Waals surface area contributed by atoms with Crippen molar-refractivity contribution >= 4 is 11.8 Å². The molecule has 0 amide bonds. The molecule has 0 aliphatic carbocycles. The van der Waals surface area contributed by atoms with Crippen molar-refractivity contribution in [3.63, 3.8) is 0 Å². The van der Waals surface area contributed by atoms with Crippen molar-refractivity contribution < 1.29 is 23.6 Å². The summed E-state index contributed by atoms with van der Waals surface area (Å²) in [5.41, 5.74) is 0.439. The van der Waals surface area contributed by atoms with Crippen molar-refractivity contribution in [3.8, 4) is 17.1 Å². The van der Waals surface area contributed by atoms with E-state index in [0.717, 1.165) is 32.4 Å². The highest BCUT2D eigenvalue weighted by atomic mass is 19.1. The Hall–Kier alpha value is -2.61. The molecule has 2 aliphatic rings. The third kappa shape index (κ3) is 3.03. The number of ether oxygens (including phenoxy) is 1. The van der Waals surface area contributed by atoms with Crippen LogP contribution in [0.15, 0.2) is 22.7 Å². The number of likely N-dealkylation sites (tertiary alicyclic amines) is 1. The number of nitrogens with zero attached hydrogens (tertiary/aromatic N) is 3. The number of anilines is 1. The minimum atomic E-state index is -1.11. The molecule has 1 aromatic carbocycles. The van der Waals surface area contributed by atoms with Crippen LogP contribution in [0.4, 0.5) is 10.2 Å². The first-order chi connectivity index (χ1) is 13.0. The van der Waals surface area contributed by atoms with Crippen LogP contribution >= 0.6 is 0 Å². The van der Waals surface area contributed by atoms with Gasteiger partial charge in [-0.3, -0.25) is 0 Å². The summed E-state index contributed by atoms with van der Waals surface area (Å²) >= 11 is 0. The Balaban J connectivity index is 1.79. The molecule has 0 spiro atoms. The monoisotopic (exact) mass is 375 g/mol. The van der Waals surface area contributed by atoms with Crippen LogP contribution in [0.5, 0.6) is 5.75 Å². The smallest absolute Gasteiger partial charge is 0.343 e. The maximum atomic E-state index is 13.7. The largest absolute Gasteiger partial charge is 0.494 e. The van der Waals surface area contributed by atoms with E-state index in [-0.39, 0.29) is 29.2 Å². The van der Waals surface area contributed by atoms with Gasteiger partial charge in [0.2, 0.25) is 0 Å². The zero-order chi connectivity index (χ0) is 19.1. The Morgan fingerprint density at radius 1 is 1.33 bits per heavy atom. The van der Waals surface area contributed by atoms with Crippen LogP contribution in [0.1, 0.15) is 29.6 Å². The zero-order valence-corrected chi connectivity index (χ0v) is 15.3. The van der Waals surface area contributed by atoms with Gasteiger partial charge in [-0.05, 0) is 51.1 Å². The molecule has 0 saturated carbocycles. The Kier molecular flexibility index (Phi) is 4.51. The van der Waals surface area contributed by atoms with E-state index in [9.17, 15) is 14.3 Å². The molecule has 27 heavy (non-hydrogen) atoms. The number of carbonyl (C=O) groups is 1. The second-order valence-electron chi connectivity index (χ2n) is 7.21. The third-order valence-corrected chi connectivity index (χ3v) is 5.53. The first kappa shape index (κ1) is 17.8. The Labute approximate surface area is 156 Å². The van der Waals surface area contributed by atoms with E-state index in [1.807, 2.05) is 0 Å². The molecule has 2 aliphatic heterocycles. The van der Waals surface area contributed by atoms with Gasteiger partial charge in [-0.2, -0.15) is 0 Å². The van der Waals surface area contributed by atoms with E-state index in [1.165, 1.54) is 25.3 Å². The van der Waals surface area contributed by atoms with E-state index in [1.54, 1.807) is 0 Å². The number of carboxylic acids is 1. The molecule has 2 bridgehead atoms. The second-order valence-corrected chi connectivity index (χ2v) is 7.21. The molecule has 4 rings (SSSR count). The van der Waals surface area contributed by atoms with Gasteiger partial charge < -0.3 is 24.2 Å². The number of aromatic nitrogens is 1. The average Bonchev–Trinajstić information content (AvgIpc) is 3.19. The molecule has 0 unspecified atom stereocenters. The van der Waals surface area contributed by atoms with E-state index < -0.39 is 11.8 Å². The van der Waals surface area contributed by atoms with Crippen LogP contribution in [-0.2, 0) is 0 Å². The highest BCUT2D eigenvalue weighted by Gasteiger charge is 2.41. The van der Waals surface area contributed by atoms with Gasteiger partial charge in [-0.15, -0.1) is 0 Å². The van der Waals surface area contributed by atoms with E-state index in [4.69, 9.17) is 9.26 Å². The van der Waals surface area contributed by atoms with Gasteiger partial charge in [0.25, 0.3) is 0 Å². The quantitative estimate of drug-likeness (QED) is 0.880. The standard InChI is InChI=1S/C19H22FN3O4/c1-22-8-7-12-4-5-13(10-22)23(12)18-16(19(24)25)17(27-21-18)11-3-6-14(20)15(9-11)26-2/h3,6,9,12-13H,4-5,7-8,10H2,1-2H3,(H,24,25)/t12-,13+/m1/s1. The lowest BCUT2D eigenvalue weighted by atomic mass is 10.1. The molecule has 3 heterocycles. The molecule has 8 heteroatoms. The lowest BCUT2D eigenvalue weighted by Gasteiger charge is -2.28. The molecule has 2 aromatic rings. The summed E-state index contributed by atoms with van der Waals surface area (Å²) in [5.74, 6) is -1.12. The summed E-state index contributed by atoms with van der Waals surface area (Å²) in [5, 5.41) is 14.0. The van der Waals surface area contributed by atoms with E-state index >= 15 is 0 Å². The number of methoxy groups -OCH3 is 1. The number of hydrogen-bond acceptors (Lipinski definition) is 6. The van der Waals surface area contributed by atoms with Crippen LogP contribution in [0.25, 0.3) is 11.3 Å². The van der Waals surface area contributed by atoms with Crippen LogP contribution in [-0.4, -0.2) is 60.5 Å². The van der Waals surface area contributed by atoms with E-state index in [0.29, 0.717) is 11.4 Å². The van der Waals surface area contributed by atoms with Crippen LogP contribution in [0, 0.1) is 5.82 Å².